The van der Waals surface area contributed by atoms with Gasteiger partial charge in [-0.3, -0.25) is 4.90 Å². The third-order valence-electron chi connectivity index (χ3n) is 5.24. The van der Waals surface area contributed by atoms with E-state index in [9.17, 15) is 9.59 Å². The van der Waals surface area contributed by atoms with Gasteiger partial charge in [0.25, 0.3) is 0 Å². The first-order chi connectivity index (χ1) is 14.0. The van der Waals surface area contributed by atoms with Crippen LogP contribution in [-0.4, -0.2) is 67.7 Å². The lowest BCUT2D eigenvalue weighted by Gasteiger charge is -2.37. The molecule has 7 nitrogen and oxygen atoms in total. The minimum atomic E-state index is -0.573. The summed E-state index contributed by atoms with van der Waals surface area (Å²) in [6.45, 7) is 9.61. The van der Waals surface area contributed by atoms with Gasteiger partial charge in [0.1, 0.15) is 0 Å². The van der Waals surface area contributed by atoms with Gasteiger partial charge >= 0.3 is 12.0 Å². The van der Waals surface area contributed by atoms with Crippen molar-refractivity contribution in [2.24, 2.45) is 0 Å². The number of nitrogens with one attached hydrogen (secondary N) is 2. The summed E-state index contributed by atoms with van der Waals surface area (Å²) < 4.78 is 5.32. The Morgan fingerprint density at radius 3 is 2.41 bits per heavy atom. The van der Waals surface area contributed by atoms with Crippen molar-refractivity contribution in [3.8, 4) is 0 Å². The molecule has 1 atom stereocenters. The number of ether oxygens (including phenoxy) is 1. The molecule has 0 aliphatic carbocycles. The number of piperazine rings is 1. The zero-order chi connectivity index (χ0) is 20.8. The van der Waals surface area contributed by atoms with Crippen LogP contribution >= 0.6 is 11.6 Å². The van der Waals surface area contributed by atoms with Crippen molar-refractivity contribution >= 4 is 23.6 Å². The van der Waals surface area contributed by atoms with Crippen molar-refractivity contribution in [1.29, 1.82) is 0 Å². The van der Waals surface area contributed by atoms with Crippen LogP contribution in [0.4, 0.5) is 4.79 Å². The number of urea groups is 1. The molecule has 2 aliphatic rings. The van der Waals surface area contributed by atoms with Crippen LogP contribution in [0.1, 0.15) is 31.9 Å². The van der Waals surface area contributed by atoms with Gasteiger partial charge in [0.2, 0.25) is 0 Å². The lowest BCUT2D eigenvalue weighted by atomic mass is 9.95. The van der Waals surface area contributed by atoms with E-state index < -0.39 is 12.0 Å². The van der Waals surface area contributed by atoms with Gasteiger partial charge in [-0.05, 0) is 37.6 Å². The zero-order valence-electron chi connectivity index (χ0n) is 17.0. The average Bonchev–Trinajstić information content (AvgIpc) is 2.70. The summed E-state index contributed by atoms with van der Waals surface area (Å²) in [6, 6.07) is 6.24. The zero-order valence-corrected chi connectivity index (χ0v) is 17.8. The summed E-state index contributed by atoms with van der Waals surface area (Å²) in [7, 11) is 0. The lowest BCUT2D eigenvalue weighted by Crippen LogP contribution is -2.51. The number of carbonyl (C=O) groups excluding carboxylic acids is 2. The van der Waals surface area contributed by atoms with Crippen molar-refractivity contribution < 1.29 is 14.3 Å². The summed E-state index contributed by atoms with van der Waals surface area (Å²) in [6.07, 6.45) is 1.14. The van der Waals surface area contributed by atoms with E-state index in [1.165, 1.54) is 0 Å². The highest BCUT2D eigenvalue weighted by molar-refractivity contribution is 6.30. The Morgan fingerprint density at radius 2 is 1.79 bits per heavy atom. The first-order valence-corrected chi connectivity index (χ1v) is 10.6. The summed E-state index contributed by atoms with van der Waals surface area (Å²) >= 11 is 6.01. The topological polar surface area (TPSA) is 73.9 Å². The molecule has 1 aromatic rings. The number of rotatable bonds is 7. The highest BCUT2D eigenvalue weighted by Gasteiger charge is 2.34. The molecule has 2 N–H and O–H groups in total. The van der Waals surface area contributed by atoms with Crippen LogP contribution in [0, 0.1) is 0 Å². The maximum atomic E-state index is 12.8. The molecule has 1 saturated heterocycles. The second-order valence-corrected chi connectivity index (χ2v) is 7.75. The van der Waals surface area contributed by atoms with E-state index in [4.69, 9.17) is 16.3 Å². The van der Waals surface area contributed by atoms with Crippen LogP contribution in [0.5, 0.6) is 0 Å². The molecule has 2 aliphatic heterocycles. The second-order valence-electron chi connectivity index (χ2n) is 7.31. The van der Waals surface area contributed by atoms with E-state index in [0.29, 0.717) is 22.8 Å². The molecule has 0 bridgehead atoms. The van der Waals surface area contributed by atoms with E-state index >= 15 is 0 Å². The van der Waals surface area contributed by atoms with E-state index in [2.05, 4.69) is 27.4 Å². The Morgan fingerprint density at radius 1 is 1.14 bits per heavy atom. The maximum Gasteiger partial charge on any atom is 0.338 e. The fourth-order valence-corrected chi connectivity index (χ4v) is 3.93. The van der Waals surface area contributed by atoms with Crippen LogP contribution in [0.2, 0.25) is 5.02 Å². The minimum absolute atomic E-state index is 0.270. The molecule has 1 fully saturated rings. The third-order valence-corrected chi connectivity index (χ3v) is 5.49. The number of benzene rings is 1. The van der Waals surface area contributed by atoms with Gasteiger partial charge in [-0.15, -0.1) is 0 Å². The predicted octanol–water partition coefficient (Wildman–Crippen LogP) is 2.54. The minimum Gasteiger partial charge on any atom is -0.463 e. The predicted molar refractivity (Wildman–Crippen MR) is 113 cm³/mol. The number of carbonyl (C=O) groups is 2. The largest absolute Gasteiger partial charge is 0.463 e. The molecule has 0 radical (unpaired) electrons. The summed E-state index contributed by atoms with van der Waals surface area (Å²) in [5.41, 5.74) is 1.85. The second kappa shape index (κ2) is 10.1. The monoisotopic (exact) mass is 420 g/mol. The van der Waals surface area contributed by atoms with Gasteiger partial charge in [0, 0.05) is 43.4 Å². The maximum absolute atomic E-state index is 12.8. The van der Waals surface area contributed by atoms with Crippen molar-refractivity contribution in [2.75, 3.05) is 45.9 Å². The van der Waals surface area contributed by atoms with Gasteiger partial charge in [-0.1, -0.05) is 30.7 Å². The Balaban J connectivity index is 1.86. The smallest absolute Gasteiger partial charge is 0.338 e. The molecule has 29 heavy (non-hydrogen) atoms. The van der Waals surface area contributed by atoms with Crippen LogP contribution in [0.25, 0.3) is 0 Å². The average molecular weight is 421 g/mol. The molecule has 2 heterocycles. The first kappa shape index (κ1) is 21.6. The normalized spacial score (nSPS) is 20.9. The number of hydrogen-bond acceptors (Lipinski definition) is 5. The number of esters is 1. The molecule has 1 aromatic carbocycles. The molecular weight excluding hydrogens is 392 g/mol. The van der Waals surface area contributed by atoms with Gasteiger partial charge < -0.3 is 20.3 Å². The van der Waals surface area contributed by atoms with Crippen molar-refractivity contribution in [3.63, 3.8) is 0 Å². The molecule has 0 unspecified atom stereocenters. The van der Waals surface area contributed by atoms with Gasteiger partial charge in [-0.2, -0.15) is 0 Å². The molecule has 0 aromatic heterocycles. The number of halogens is 1. The Labute approximate surface area is 177 Å². The number of amides is 2. The summed E-state index contributed by atoms with van der Waals surface area (Å²) in [5, 5.41) is 6.30. The number of nitrogens with zero attached hydrogens (tertiary/aromatic N) is 2. The van der Waals surface area contributed by atoms with Crippen LogP contribution < -0.4 is 10.6 Å². The van der Waals surface area contributed by atoms with Crippen LogP contribution in [0.3, 0.4) is 0 Å². The Bertz CT molecular complexity index is 758. The molecular formula is C21H29ClN4O3. The summed E-state index contributed by atoms with van der Waals surface area (Å²) in [5.74, 6) is -0.417. The molecule has 0 spiro atoms. The molecule has 0 saturated carbocycles. The van der Waals surface area contributed by atoms with E-state index in [0.717, 1.165) is 44.7 Å². The Hall–Kier alpha value is -2.09. The SMILES string of the molecule is CCCN1CCN(CC2=C(C(=O)OCC)[C@H](c3ccc(Cl)cc3)NC(=O)N2)CC1. The highest BCUT2D eigenvalue weighted by atomic mass is 35.5. The first-order valence-electron chi connectivity index (χ1n) is 10.2. The quantitative estimate of drug-likeness (QED) is 0.663. The number of hydrogen-bond donors (Lipinski definition) is 2. The van der Waals surface area contributed by atoms with Crippen molar-refractivity contribution in [2.45, 2.75) is 26.3 Å². The van der Waals surface area contributed by atoms with E-state index in [1.54, 1.807) is 19.1 Å². The third kappa shape index (κ3) is 5.50. The fourth-order valence-electron chi connectivity index (χ4n) is 3.81. The van der Waals surface area contributed by atoms with Gasteiger partial charge in [-0.25, -0.2) is 9.59 Å². The Kier molecular flexibility index (Phi) is 7.52. The summed E-state index contributed by atoms with van der Waals surface area (Å²) in [4.78, 5) is 29.9. The van der Waals surface area contributed by atoms with Gasteiger partial charge in [0.05, 0.1) is 18.2 Å². The fraction of sp³-hybridized carbons (Fsp3) is 0.524. The van der Waals surface area contributed by atoms with E-state index in [-0.39, 0.29) is 12.6 Å². The highest BCUT2D eigenvalue weighted by Crippen LogP contribution is 2.29. The lowest BCUT2D eigenvalue weighted by molar-refractivity contribution is -0.139. The molecule has 3 rings (SSSR count). The van der Waals surface area contributed by atoms with Crippen molar-refractivity contribution in [1.82, 2.24) is 20.4 Å². The standard InChI is InChI=1S/C21H29ClN4O3/c1-3-9-25-10-12-26(13-11-25)14-17-18(20(27)29-4-2)19(24-21(28)23-17)15-5-7-16(22)8-6-15/h5-8,19H,3-4,9-14H2,1-2H3,(H2,23,24,28)/t19-/m0/s1. The molecule has 8 heteroatoms. The van der Waals surface area contributed by atoms with Crippen molar-refractivity contribution in [3.05, 3.63) is 46.1 Å². The van der Waals surface area contributed by atoms with Crippen LogP contribution in [-0.2, 0) is 9.53 Å². The van der Waals surface area contributed by atoms with Crippen LogP contribution in [0.15, 0.2) is 35.5 Å². The van der Waals surface area contributed by atoms with E-state index in [1.807, 2.05) is 12.1 Å². The van der Waals surface area contributed by atoms with Gasteiger partial charge in [0.15, 0.2) is 0 Å². The molecule has 2 amide bonds. The molecule has 158 valence electrons.